The van der Waals surface area contributed by atoms with Gasteiger partial charge in [0.2, 0.25) is 0 Å². The van der Waals surface area contributed by atoms with Crippen LogP contribution in [-0.4, -0.2) is 43.0 Å². The van der Waals surface area contributed by atoms with Crippen molar-refractivity contribution < 1.29 is 4.74 Å². The van der Waals surface area contributed by atoms with Crippen molar-refractivity contribution in [1.82, 2.24) is 20.4 Å². The Labute approximate surface area is 214 Å². The van der Waals surface area contributed by atoms with E-state index in [-0.39, 0.29) is 24.0 Å². The molecule has 0 fully saturated rings. The first-order chi connectivity index (χ1) is 15.6. The molecule has 0 amide bonds. The van der Waals surface area contributed by atoms with Gasteiger partial charge in [-0.15, -0.1) is 24.0 Å². The topological polar surface area (TPSA) is 63.5 Å². The summed E-state index contributed by atoms with van der Waals surface area (Å²) in [6.45, 7) is 7.04. The monoisotopic (exact) mass is 561 g/mol. The van der Waals surface area contributed by atoms with Crippen molar-refractivity contribution in [2.45, 2.75) is 39.3 Å². The number of aryl methyl sites for hydroxylation is 1. The molecule has 0 aliphatic rings. The van der Waals surface area contributed by atoms with Crippen molar-refractivity contribution in [2.75, 3.05) is 27.3 Å². The van der Waals surface area contributed by atoms with Gasteiger partial charge in [-0.25, -0.2) is 0 Å². The maximum absolute atomic E-state index is 5.19. The number of guanidine groups is 1. The number of hydrogen-bond acceptors (Lipinski definition) is 3. The summed E-state index contributed by atoms with van der Waals surface area (Å²) in [7, 11) is 3.52. The van der Waals surface area contributed by atoms with Crippen LogP contribution in [0.3, 0.4) is 0 Å². The fourth-order valence-electron chi connectivity index (χ4n) is 3.93. The molecule has 0 saturated heterocycles. The van der Waals surface area contributed by atoms with Gasteiger partial charge in [-0.3, -0.25) is 9.67 Å². The average molecular weight is 562 g/mol. The van der Waals surface area contributed by atoms with Gasteiger partial charge in [0.15, 0.2) is 5.96 Å². The highest BCUT2D eigenvalue weighted by Crippen LogP contribution is 2.20. The zero-order valence-corrected chi connectivity index (χ0v) is 22.4. The van der Waals surface area contributed by atoms with E-state index in [9.17, 15) is 0 Å². The quantitative estimate of drug-likeness (QED) is 0.218. The van der Waals surface area contributed by atoms with Crippen molar-refractivity contribution in [3.8, 4) is 0 Å². The lowest BCUT2D eigenvalue weighted by molar-refractivity contribution is 0.182. The molecule has 0 bridgehead atoms. The fraction of sp³-hybridized carbons (Fsp3) is 0.385. The van der Waals surface area contributed by atoms with Gasteiger partial charge in [0.05, 0.1) is 18.8 Å². The highest BCUT2D eigenvalue weighted by Gasteiger charge is 2.15. The summed E-state index contributed by atoms with van der Waals surface area (Å²) in [6.07, 6.45) is 0.972. The number of methoxy groups -OCH3 is 1. The predicted octanol–water partition coefficient (Wildman–Crippen LogP) is 4.46. The minimum atomic E-state index is 0. The number of hydrogen-bond donors (Lipinski definition) is 2. The molecular formula is C26H36IN5O. The Bertz CT molecular complexity index is 989. The largest absolute Gasteiger partial charge is 0.383 e. The van der Waals surface area contributed by atoms with Gasteiger partial charge in [0, 0.05) is 44.4 Å². The number of rotatable bonds is 10. The standard InChI is InChI=1S/C26H35N5O.HI/c1-20-25(21(2)31(30-20)15-16-32-4)19-29-26(27-3)28-18-24(23-13-9-6-10-14-23)17-22-11-7-5-8-12-22;/h5-14,24H,15-19H2,1-4H3,(H2,27,28,29);1H. The van der Waals surface area contributed by atoms with Crippen LogP contribution in [0.25, 0.3) is 0 Å². The Morgan fingerprint density at radius 1 is 1.03 bits per heavy atom. The molecule has 1 unspecified atom stereocenters. The lowest BCUT2D eigenvalue weighted by Gasteiger charge is -2.20. The Morgan fingerprint density at radius 2 is 1.70 bits per heavy atom. The van der Waals surface area contributed by atoms with E-state index in [1.165, 1.54) is 16.7 Å². The molecule has 0 saturated carbocycles. The van der Waals surface area contributed by atoms with Crippen LogP contribution in [-0.2, 0) is 24.2 Å². The summed E-state index contributed by atoms with van der Waals surface area (Å²) in [4.78, 5) is 4.44. The van der Waals surface area contributed by atoms with Crippen molar-refractivity contribution in [2.24, 2.45) is 4.99 Å². The summed E-state index contributed by atoms with van der Waals surface area (Å²) >= 11 is 0. The van der Waals surface area contributed by atoms with E-state index in [1.54, 1.807) is 7.11 Å². The summed E-state index contributed by atoms with van der Waals surface area (Å²) in [5.41, 5.74) is 6.06. The Hall–Kier alpha value is -2.39. The molecule has 0 aliphatic heterocycles. The molecule has 1 aromatic heterocycles. The number of nitrogens with zero attached hydrogens (tertiary/aromatic N) is 3. The number of aromatic nitrogens is 2. The lowest BCUT2D eigenvalue weighted by atomic mass is 9.92. The normalized spacial score (nSPS) is 12.2. The third-order valence-electron chi connectivity index (χ3n) is 5.81. The zero-order valence-electron chi connectivity index (χ0n) is 20.0. The molecule has 178 valence electrons. The third-order valence-corrected chi connectivity index (χ3v) is 5.81. The Kier molecular flexibility index (Phi) is 11.4. The molecule has 7 heteroatoms. The van der Waals surface area contributed by atoms with E-state index in [4.69, 9.17) is 4.74 Å². The van der Waals surface area contributed by atoms with Crippen LogP contribution in [0.15, 0.2) is 65.7 Å². The summed E-state index contributed by atoms with van der Waals surface area (Å²) in [6, 6.07) is 21.3. The second-order valence-corrected chi connectivity index (χ2v) is 7.97. The fourth-order valence-corrected chi connectivity index (χ4v) is 3.93. The van der Waals surface area contributed by atoms with E-state index in [0.29, 0.717) is 19.1 Å². The molecule has 3 aromatic rings. The van der Waals surface area contributed by atoms with E-state index >= 15 is 0 Å². The van der Waals surface area contributed by atoms with Crippen LogP contribution in [0.4, 0.5) is 0 Å². The first-order valence-corrected chi connectivity index (χ1v) is 11.2. The summed E-state index contributed by atoms with van der Waals surface area (Å²) < 4.78 is 7.20. The third kappa shape index (κ3) is 7.85. The Morgan fingerprint density at radius 3 is 2.33 bits per heavy atom. The van der Waals surface area contributed by atoms with Crippen molar-refractivity contribution in [3.05, 3.63) is 88.7 Å². The molecule has 0 spiro atoms. The van der Waals surface area contributed by atoms with E-state index < -0.39 is 0 Å². The number of aliphatic imine (C=N–C) groups is 1. The van der Waals surface area contributed by atoms with Crippen LogP contribution in [0.5, 0.6) is 0 Å². The first-order valence-electron chi connectivity index (χ1n) is 11.2. The van der Waals surface area contributed by atoms with Gasteiger partial charge in [-0.1, -0.05) is 60.7 Å². The maximum Gasteiger partial charge on any atom is 0.191 e. The van der Waals surface area contributed by atoms with Crippen molar-refractivity contribution in [1.29, 1.82) is 0 Å². The summed E-state index contributed by atoms with van der Waals surface area (Å²) in [5.74, 6) is 1.14. The molecule has 6 nitrogen and oxygen atoms in total. The van der Waals surface area contributed by atoms with Gasteiger partial charge >= 0.3 is 0 Å². The van der Waals surface area contributed by atoms with Crippen LogP contribution >= 0.6 is 24.0 Å². The maximum atomic E-state index is 5.19. The highest BCUT2D eigenvalue weighted by atomic mass is 127. The molecule has 3 rings (SSSR count). The van der Waals surface area contributed by atoms with Crippen molar-refractivity contribution in [3.63, 3.8) is 0 Å². The first kappa shape index (κ1) is 26.9. The minimum absolute atomic E-state index is 0. The smallest absolute Gasteiger partial charge is 0.191 e. The molecule has 1 heterocycles. The predicted molar refractivity (Wildman–Crippen MR) is 147 cm³/mol. The van der Waals surface area contributed by atoms with Gasteiger partial charge in [-0.05, 0) is 31.4 Å². The van der Waals surface area contributed by atoms with Gasteiger partial charge in [0.1, 0.15) is 0 Å². The zero-order chi connectivity index (χ0) is 22.8. The van der Waals surface area contributed by atoms with Crippen LogP contribution in [0, 0.1) is 13.8 Å². The van der Waals surface area contributed by atoms with E-state index in [1.807, 2.05) is 11.7 Å². The second-order valence-electron chi connectivity index (χ2n) is 7.97. The highest BCUT2D eigenvalue weighted by molar-refractivity contribution is 14.0. The van der Waals surface area contributed by atoms with Crippen LogP contribution in [0.1, 0.15) is 34.0 Å². The SMILES string of the molecule is CN=C(NCc1c(C)nn(CCOC)c1C)NCC(Cc1ccccc1)c1ccccc1.I. The number of benzene rings is 2. The average Bonchev–Trinajstić information content (AvgIpc) is 3.10. The van der Waals surface area contributed by atoms with E-state index in [2.05, 4.69) is 95.2 Å². The molecular weight excluding hydrogens is 525 g/mol. The Balaban J connectivity index is 0.00000385. The number of halogens is 1. The molecule has 0 radical (unpaired) electrons. The molecule has 2 N–H and O–H groups in total. The van der Waals surface area contributed by atoms with E-state index in [0.717, 1.165) is 36.9 Å². The number of ether oxygens (including phenoxy) is 1. The van der Waals surface area contributed by atoms with Gasteiger partial charge < -0.3 is 15.4 Å². The van der Waals surface area contributed by atoms with Crippen LogP contribution < -0.4 is 10.6 Å². The molecule has 1 atom stereocenters. The number of nitrogens with one attached hydrogen (secondary N) is 2. The molecule has 2 aromatic carbocycles. The van der Waals surface area contributed by atoms with Crippen molar-refractivity contribution >= 4 is 29.9 Å². The summed E-state index contributed by atoms with van der Waals surface area (Å²) in [5, 5.41) is 11.6. The molecule has 0 aliphatic carbocycles. The second kappa shape index (κ2) is 14.0. The minimum Gasteiger partial charge on any atom is -0.383 e. The van der Waals surface area contributed by atoms with Gasteiger partial charge in [-0.2, -0.15) is 5.10 Å². The molecule has 33 heavy (non-hydrogen) atoms. The lowest BCUT2D eigenvalue weighted by Crippen LogP contribution is -2.39. The van der Waals surface area contributed by atoms with Gasteiger partial charge in [0.25, 0.3) is 0 Å². The van der Waals surface area contributed by atoms with Crippen LogP contribution in [0.2, 0.25) is 0 Å².